The smallest absolute Gasteiger partial charge is 0.228 e. The Kier molecular flexibility index (Phi) is 7.26. The highest BCUT2D eigenvalue weighted by molar-refractivity contribution is 5.95. The summed E-state index contributed by atoms with van der Waals surface area (Å²) in [6, 6.07) is 16.2. The highest BCUT2D eigenvalue weighted by atomic mass is 16.1. The molecule has 0 aromatic heterocycles. The third-order valence-electron chi connectivity index (χ3n) is 4.18. The molecule has 2 aromatic rings. The first-order valence-corrected chi connectivity index (χ1v) is 9.54. The molecule has 0 spiro atoms. The Hall–Kier alpha value is -2.29. The number of anilines is 2. The third kappa shape index (κ3) is 6.21. The van der Waals surface area contributed by atoms with Crippen molar-refractivity contribution in [3.63, 3.8) is 0 Å². The molecule has 0 aliphatic carbocycles. The summed E-state index contributed by atoms with van der Waals surface area (Å²) in [6.07, 6.45) is 0.392. The lowest BCUT2D eigenvalue weighted by atomic mass is 10.1. The molecule has 0 saturated heterocycles. The number of carbonyl (C=O) groups excluding carboxylic acids is 1. The number of carbonyl (C=O) groups is 1. The van der Waals surface area contributed by atoms with E-state index in [4.69, 9.17) is 0 Å². The number of aryl methyl sites for hydroxylation is 1. The molecule has 0 atom stereocenters. The molecule has 0 aliphatic rings. The van der Waals surface area contributed by atoms with Crippen LogP contribution < -0.4 is 10.2 Å². The van der Waals surface area contributed by atoms with Crippen LogP contribution in [0.1, 0.15) is 38.8 Å². The Bertz CT molecular complexity index is 694. The van der Waals surface area contributed by atoms with Gasteiger partial charge in [0.15, 0.2) is 0 Å². The fourth-order valence-corrected chi connectivity index (χ4v) is 3.09. The van der Waals surface area contributed by atoms with Crippen molar-refractivity contribution in [2.75, 3.05) is 23.3 Å². The molecule has 0 heterocycles. The highest BCUT2D eigenvalue weighted by Gasteiger charge is 2.15. The van der Waals surface area contributed by atoms with Crippen LogP contribution in [0.2, 0.25) is 0 Å². The second-order valence-corrected chi connectivity index (χ2v) is 7.92. The van der Waals surface area contributed by atoms with Crippen molar-refractivity contribution in [1.82, 2.24) is 0 Å². The maximum Gasteiger partial charge on any atom is 0.228 e. The first-order chi connectivity index (χ1) is 12.3. The van der Waals surface area contributed by atoms with Crippen LogP contribution in [0.15, 0.2) is 48.5 Å². The van der Waals surface area contributed by atoms with Crippen molar-refractivity contribution in [2.45, 2.75) is 41.0 Å². The van der Waals surface area contributed by atoms with Crippen LogP contribution >= 0.6 is 0 Å². The van der Waals surface area contributed by atoms with Crippen LogP contribution in [0.5, 0.6) is 0 Å². The lowest BCUT2D eigenvalue weighted by Crippen LogP contribution is -2.32. The molecule has 0 aliphatic heterocycles. The average molecular weight is 353 g/mol. The van der Waals surface area contributed by atoms with Crippen LogP contribution in [0.4, 0.5) is 11.4 Å². The molecule has 0 saturated carbocycles. The quantitative estimate of drug-likeness (QED) is 0.699. The number of rotatable bonds is 8. The largest absolute Gasteiger partial charge is 0.369 e. The van der Waals surface area contributed by atoms with E-state index in [0.717, 1.165) is 30.0 Å². The van der Waals surface area contributed by atoms with Gasteiger partial charge >= 0.3 is 0 Å². The normalized spacial score (nSPS) is 11.0. The van der Waals surface area contributed by atoms with Gasteiger partial charge in [0.05, 0.1) is 17.8 Å². The van der Waals surface area contributed by atoms with Gasteiger partial charge < -0.3 is 10.2 Å². The van der Waals surface area contributed by atoms with Gasteiger partial charge in [-0.2, -0.15) is 0 Å². The highest BCUT2D eigenvalue weighted by Crippen LogP contribution is 2.27. The molecule has 0 radical (unpaired) electrons. The van der Waals surface area contributed by atoms with Gasteiger partial charge in [0.1, 0.15) is 0 Å². The van der Waals surface area contributed by atoms with E-state index in [1.807, 2.05) is 42.5 Å². The third-order valence-corrected chi connectivity index (χ3v) is 4.18. The predicted molar refractivity (Wildman–Crippen MR) is 112 cm³/mol. The van der Waals surface area contributed by atoms with Gasteiger partial charge in [-0.25, -0.2) is 0 Å². The monoisotopic (exact) mass is 352 g/mol. The minimum atomic E-state index is 0.0235. The molecule has 0 bridgehead atoms. The van der Waals surface area contributed by atoms with E-state index in [9.17, 15) is 4.79 Å². The van der Waals surface area contributed by atoms with Crippen molar-refractivity contribution in [3.05, 3.63) is 59.7 Å². The van der Waals surface area contributed by atoms with E-state index in [2.05, 4.69) is 50.9 Å². The Morgan fingerprint density at radius 3 is 2.08 bits per heavy atom. The van der Waals surface area contributed by atoms with E-state index >= 15 is 0 Å². The van der Waals surface area contributed by atoms with Gasteiger partial charge in [0.25, 0.3) is 0 Å². The number of nitrogens with one attached hydrogen (secondary N) is 1. The second-order valence-electron chi connectivity index (χ2n) is 7.92. The SMILES string of the molecule is Cc1ccc(CC(=O)Nc2ccccc2N(CC(C)C)CC(C)C)cc1. The molecule has 0 fully saturated rings. The molecule has 3 heteroatoms. The molecular weight excluding hydrogens is 320 g/mol. The summed E-state index contributed by atoms with van der Waals surface area (Å²) in [4.78, 5) is 14.9. The number of para-hydroxylation sites is 2. The topological polar surface area (TPSA) is 32.3 Å². The van der Waals surface area contributed by atoms with E-state index in [-0.39, 0.29) is 5.91 Å². The zero-order valence-corrected chi connectivity index (χ0v) is 16.8. The Morgan fingerprint density at radius 1 is 0.923 bits per heavy atom. The van der Waals surface area contributed by atoms with E-state index in [0.29, 0.717) is 18.3 Å². The molecule has 2 aromatic carbocycles. The Balaban J connectivity index is 2.15. The zero-order valence-electron chi connectivity index (χ0n) is 16.8. The van der Waals surface area contributed by atoms with Crippen LogP contribution in [0, 0.1) is 18.8 Å². The number of benzene rings is 2. The summed E-state index contributed by atoms with van der Waals surface area (Å²) in [7, 11) is 0. The average Bonchev–Trinajstić information content (AvgIpc) is 2.56. The second kappa shape index (κ2) is 9.42. The van der Waals surface area contributed by atoms with E-state index in [1.165, 1.54) is 5.56 Å². The first-order valence-electron chi connectivity index (χ1n) is 9.54. The molecule has 140 valence electrons. The van der Waals surface area contributed by atoms with Gasteiger partial charge in [-0.05, 0) is 36.5 Å². The summed E-state index contributed by atoms with van der Waals surface area (Å²) in [6.45, 7) is 12.9. The van der Waals surface area contributed by atoms with Crippen molar-refractivity contribution in [2.24, 2.45) is 11.8 Å². The summed E-state index contributed by atoms with van der Waals surface area (Å²) in [5, 5.41) is 3.12. The summed E-state index contributed by atoms with van der Waals surface area (Å²) in [5.41, 5.74) is 4.24. The molecular formula is C23H32N2O. The van der Waals surface area contributed by atoms with Crippen molar-refractivity contribution in [1.29, 1.82) is 0 Å². The molecule has 3 nitrogen and oxygen atoms in total. The number of hydrogen-bond acceptors (Lipinski definition) is 2. The van der Waals surface area contributed by atoms with Gasteiger partial charge in [0.2, 0.25) is 5.91 Å². The minimum Gasteiger partial charge on any atom is -0.369 e. The van der Waals surface area contributed by atoms with Crippen LogP contribution in [-0.2, 0) is 11.2 Å². The lowest BCUT2D eigenvalue weighted by molar-refractivity contribution is -0.115. The Morgan fingerprint density at radius 2 is 1.50 bits per heavy atom. The fraction of sp³-hybridized carbons (Fsp3) is 0.435. The van der Waals surface area contributed by atoms with Crippen molar-refractivity contribution >= 4 is 17.3 Å². The molecule has 0 unspecified atom stereocenters. The van der Waals surface area contributed by atoms with Crippen molar-refractivity contribution in [3.8, 4) is 0 Å². The van der Waals surface area contributed by atoms with E-state index in [1.54, 1.807) is 0 Å². The van der Waals surface area contributed by atoms with Gasteiger partial charge in [-0.3, -0.25) is 4.79 Å². The number of amides is 1. The standard InChI is InChI=1S/C23H32N2O/c1-17(2)15-25(16-18(3)4)22-9-7-6-8-21(22)24-23(26)14-20-12-10-19(5)11-13-20/h6-13,17-18H,14-16H2,1-5H3,(H,24,26). The summed E-state index contributed by atoms with van der Waals surface area (Å²) < 4.78 is 0. The van der Waals surface area contributed by atoms with Crippen LogP contribution in [-0.4, -0.2) is 19.0 Å². The first kappa shape index (κ1) is 20.0. The number of nitrogens with zero attached hydrogens (tertiary/aromatic N) is 1. The number of hydrogen-bond donors (Lipinski definition) is 1. The maximum atomic E-state index is 12.6. The molecule has 26 heavy (non-hydrogen) atoms. The predicted octanol–water partition coefficient (Wildman–Crippen LogP) is 5.29. The van der Waals surface area contributed by atoms with Gasteiger partial charge in [-0.15, -0.1) is 0 Å². The minimum absolute atomic E-state index is 0.0235. The zero-order chi connectivity index (χ0) is 19.1. The molecule has 1 N–H and O–H groups in total. The molecule has 1 amide bonds. The fourth-order valence-electron chi connectivity index (χ4n) is 3.09. The van der Waals surface area contributed by atoms with Gasteiger partial charge in [-0.1, -0.05) is 69.7 Å². The van der Waals surface area contributed by atoms with E-state index < -0.39 is 0 Å². The van der Waals surface area contributed by atoms with Crippen LogP contribution in [0.25, 0.3) is 0 Å². The van der Waals surface area contributed by atoms with Crippen LogP contribution in [0.3, 0.4) is 0 Å². The molecule has 2 rings (SSSR count). The van der Waals surface area contributed by atoms with Gasteiger partial charge in [0, 0.05) is 13.1 Å². The summed E-state index contributed by atoms with van der Waals surface area (Å²) >= 11 is 0. The maximum absolute atomic E-state index is 12.6. The lowest BCUT2D eigenvalue weighted by Gasteiger charge is -2.30. The van der Waals surface area contributed by atoms with Crippen molar-refractivity contribution < 1.29 is 4.79 Å². The summed E-state index contributed by atoms with van der Waals surface area (Å²) in [5.74, 6) is 1.14. The Labute approximate surface area is 158 Å².